The first-order valence-electron chi connectivity index (χ1n) is 4.60. The molecule has 13 heavy (non-hydrogen) atoms. The molecule has 3 unspecified atom stereocenters. The molecule has 0 spiro atoms. The van der Waals surface area contributed by atoms with Crippen LogP contribution in [0, 0.1) is 5.92 Å². The van der Waals surface area contributed by atoms with E-state index in [1.54, 1.807) is 6.92 Å². The molecule has 0 bridgehead atoms. The topological polar surface area (TPSA) is 62.0 Å². The van der Waals surface area contributed by atoms with Crippen molar-refractivity contribution in [2.45, 2.75) is 38.3 Å². The molecule has 0 heterocycles. The maximum absolute atomic E-state index is 11.5. The average Bonchev–Trinajstić information content (AvgIpc) is 2.15. The Balaban J connectivity index is 2.85. The molecule has 4 nitrogen and oxygen atoms in total. The first kappa shape index (κ1) is 10.3. The molecule has 74 valence electrons. The summed E-state index contributed by atoms with van der Waals surface area (Å²) in [5.74, 6) is 0.143. The van der Waals surface area contributed by atoms with Gasteiger partial charge in [0.2, 0.25) is 0 Å². The van der Waals surface area contributed by atoms with Gasteiger partial charge in [-0.1, -0.05) is 13.8 Å². The van der Waals surface area contributed by atoms with Gasteiger partial charge in [-0.15, -0.1) is 0 Å². The summed E-state index contributed by atoms with van der Waals surface area (Å²) in [7, 11) is 1.53. The molecule has 0 aromatic rings. The van der Waals surface area contributed by atoms with Crippen LogP contribution in [0.15, 0.2) is 10.2 Å². The predicted molar refractivity (Wildman–Crippen MR) is 48.6 cm³/mol. The lowest BCUT2D eigenvalue weighted by atomic mass is 9.64. The number of rotatable bonds is 3. The zero-order chi connectivity index (χ0) is 10.1. The van der Waals surface area contributed by atoms with Gasteiger partial charge in [0, 0.05) is 13.5 Å². The highest BCUT2D eigenvalue weighted by molar-refractivity contribution is 5.90. The SMILES string of the molecule is CCC(=O)C1(N=NC)CC(C)C1O. The highest BCUT2D eigenvalue weighted by Gasteiger charge is 2.56. The number of azo groups is 1. The van der Waals surface area contributed by atoms with Gasteiger partial charge >= 0.3 is 0 Å². The van der Waals surface area contributed by atoms with Crippen molar-refractivity contribution in [1.82, 2.24) is 0 Å². The van der Waals surface area contributed by atoms with Crippen molar-refractivity contribution >= 4 is 5.78 Å². The number of Topliss-reactive ketones (excluding diaryl/α,β-unsaturated/α-hetero) is 1. The van der Waals surface area contributed by atoms with Crippen LogP contribution in [0.1, 0.15) is 26.7 Å². The van der Waals surface area contributed by atoms with E-state index in [4.69, 9.17) is 0 Å². The average molecular weight is 184 g/mol. The van der Waals surface area contributed by atoms with Gasteiger partial charge < -0.3 is 5.11 Å². The van der Waals surface area contributed by atoms with E-state index in [1.165, 1.54) is 7.05 Å². The highest BCUT2D eigenvalue weighted by atomic mass is 16.3. The second-order valence-corrected chi connectivity index (χ2v) is 3.63. The van der Waals surface area contributed by atoms with Gasteiger partial charge in [-0.05, 0) is 12.3 Å². The van der Waals surface area contributed by atoms with Crippen molar-refractivity contribution in [3.63, 3.8) is 0 Å². The summed E-state index contributed by atoms with van der Waals surface area (Å²) in [6.07, 6.45) is 0.379. The summed E-state index contributed by atoms with van der Waals surface area (Å²) in [6.45, 7) is 3.70. The summed E-state index contributed by atoms with van der Waals surface area (Å²) in [6, 6.07) is 0. The Labute approximate surface area is 78.1 Å². The molecule has 1 fully saturated rings. The number of carbonyl (C=O) groups is 1. The van der Waals surface area contributed by atoms with E-state index in [1.807, 2.05) is 6.92 Å². The lowest BCUT2D eigenvalue weighted by Crippen LogP contribution is -2.60. The third-order valence-electron chi connectivity index (χ3n) is 2.74. The molecule has 4 heteroatoms. The van der Waals surface area contributed by atoms with Gasteiger partial charge in [-0.2, -0.15) is 10.2 Å². The zero-order valence-electron chi connectivity index (χ0n) is 8.32. The number of ketones is 1. The lowest BCUT2D eigenvalue weighted by molar-refractivity contribution is -0.141. The minimum atomic E-state index is -0.914. The number of carbonyl (C=O) groups excluding carboxylic acids is 1. The number of hydrogen-bond acceptors (Lipinski definition) is 4. The Kier molecular flexibility index (Phi) is 2.81. The Bertz CT molecular complexity index is 240. The Morgan fingerprint density at radius 2 is 2.31 bits per heavy atom. The van der Waals surface area contributed by atoms with E-state index in [2.05, 4.69) is 10.2 Å². The molecular formula is C9H16N2O2. The molecule has 1 aliphatic rings. The fraction of sp³-hybridized carbons (Fsp3) is 0.889. The smallest absolute Gasteiger partial charge is 0.166 e. The molecule has 3 atom stereocenters. The van der Waals surface area contributed by atoms with E-state index in [0.717, 1.165) is 0 Å². The van der Waals surface area contributed by atoms with Crippen molar-refractivity contribution in [3.8, 4) is 0 Å². The molecule has 1 N–H and O–H groups in total. The van der Waals surface area contributed by atoms with E-state index in [-0.39, 0.29) is 11.7 Å². The minimum Gasteiger partial charge on any atom is -0.390 e. The molecule has 0 aromatic heterocycles. The Hall–Kier alpha value is -0.770. The maximum atomic E-state index is 11.5. The summed E-state index contributed by atoms with van der Waals surface area (Å²) < 4.78 is 0. The third-order valence-corrected chi connectivity index (χ3v) is 2.74. The van der Waals surface area contributed by atoms with Crippen molar-refractivity contribution in [1.29, 1.82) is 0 Å². The normalized spacial score (nSPS) is 39.1. The van der Waals surface area contributed by atoms with Crippen LogP contribution in [0.25, 0.3) is 0 Å². The summed E-state index contributed by atoms with van der Waals surface area (Å²) >= 11 is 0. The summed E-state index contributed by atoms with van der Waals surface area (Å²) in [5, 5.41) is 17.2. The molecule has 1 aliphatic carbocycles. The van der Waals surface area contributed by atoms with Crippen molar-refractivity contribution in [3.05, 3.63) is 0 Å². The van der Waals surface area contributed by atoms with Crippen molar-refractivity contribution in [2.75, 3.05) is 7.05 Å². The number of aliphatic hydroxyl groups excluding tert-OH is 1. The first-order chi connectivity index (χ1) is 6.08. The van der Waals surface area contributed by atoms with Gasteiger partial charge in [0.25, 0.3) is 0 Å². The van der Waals surface area contributed by atoms with Crippen LogP contribution in [0.4, 0.5) is 0 Å². The number of nitrogens with zero attached hydrogens (tertiary/aromatic N) is 2. The van der Waals surface area contributed by atoms with Crippen LogP contribution in [0.5, 0.6) is 0 Å². The van der Waals surface area contributed by atoms with Crippen LogP contribution in [-0.4, -0.2) is 29.6 Å². The quantitative estimate of drug-likeness (QED) is 0.669. The third kappa shape index (κ3) is 1.39. The number of hydrogen-bond donors (Lipinski definition) is 1. The molecule has 0 aliphatic heterocycles. The fourth-order valence-corrected chi connectivity index (χ4v) is 1.95. The van der Waals surface area contributed by atoms with Gasteiger partial charge in [-0.25, -0.2) is 0 Å². The standard InChI is InChI=1S/C9H16N2O2/c1-4-7(12)9(11-10-3)5-6(2)8(9)13/h6,8,13H,4-5H2,1-3H3. The van der Waals surface area contributed by atoms with Crippen LogP contribution in [0.3, 0.4) is 0 Å². The van der Waals surface area contributed by atoms with Crippen LogP contribution >= 0.6 is 0 Å². The molecule has 0 aromatic carbocycles. The molecule has 0 saturated heterocycles. The molecular weight excluding hydrogens is 168 g/mol. The summed E-state index contributed by atoms with van der Waals surface area (Å²) in [4.78, 5) is 11.5. The van der Waals surface area contributed by atoms with Crippen LogP contribution in [-0.2, 0) is 4.79 Å². The molecule has 0 amide bonds. The maximum Gasteiger partial charge on any atom is 0.166 e. The molecule has 1 saturated carbocycles. The first-order valence-corrected chi connectivity index (χ1v) is 4.60. The Morgan fingerprint density at radius 1 is 1.69 bits per heavy atom. The second-order valence-electron chi connectivity index (χ2n) is 3.63. The largest absolute Gasteiger partial charge is 0.390 e. The summed E-state index contributed by atoms with van der Waals surface area (Å²) in [5.41, 5.74) is -0.914. The fourth-order valence-electron chi connectivity index (χ4n) is 1.95. The van der Waals surface area contributed by atoms with Crippen LogP contribution in [0.2, 0.25) is 0 Å². The zero-order valence-corrected chi connectivity index (χ0v) is 8.32. The lowest BCUT2D eigenvalue weighted by Gasteiger charge is -2.45. The Morgan fingerprint density at radius 3 is 2.62 bits per heavy atom. The molecule has 1 rings (SSSR count). The number of aliphatic hydroxyl groups is 1. The van der Waals surface area contributed by atoms with Gasteiger partial charge in [-0.3, -0.25) is 4.79 Å². The highest BCUT2D eigenvalue weighted by Crippen LogP contribution is 2.42. The predicted octanol–water partition coefficient (Wildman–Crippen LogP) is 1.19. The van der Waals surface area contributed by atoms with Crippen molar-refractivity contribution < 1.29 is 9.90 Å². The second kappa shape index (κ2) is 3.54. The van der Waals surface area contributed by atoms with Gasteiger partial charge in [0.1, 0.15) is 0 Å². The van der Waals surface area contributed by atoms with E-state index in [9.17, 15) is 9.90 Å². The van der Waals surface area contributed by atoms with Gasteiger partial charge in [0.05, 0.1) is 6.10 Å². The monoisotopic (exact) mass is 184 g/mol. The molecule has 0 radical (unpaired) electrons. The minimum absolute atomic E-state index is 0.0105. The van der Waals surface area contributed by atoms with Gasteiger partial charge in [0.15, 0.2) is 11.3 Å². The van der Waals surface area contributed by atoms with E-state index >= 15 is 0 Å². The van der Waals surface area contributed by atoms with E-state index in [0.29, 0.717) is 12.8 Å². The van der Waals surface area contributed by atoms with E-state index < -0.39 is 11.6 Å². The van der Waals surface area contributed by atoms with Crippen molar-refractivity contribution in [2.24, 2.45) is 16.1 Å². The van der Waals surface area contributed by atoms with Crippen LogP contribution < -0.4 is 0 Å².